The van der Waals surface area contributed by atoms with Gasteiger partial charge in [-0.15, -0.1) is 0 Å². The summed E-state index contributed by atoms with van der Waals surface area (Å²) < 4.78 is 6.09. The number of ether oxygens (including phenoxy) is 1. The highest BCUT2D eigenvalue weighted by Crippen LogP contribution is 2.31. The molecule has 1 aromatic heterocycles. The normalized spacial score (nSPS) is 12.4. The van der Waals surface area contributed by atoms with Crippen molar-refractivity contribution >= 4 is 0 Å². The third-order valence-corrected chi connectivity index (χ3v) is 4.78. The number of benzene rings is 1. The number of aryl methyl sites for hydroxylation is 3. The first kappa shape index (κ1) is 21.2. The lowest BCUT2D eigenvalue weighted by atomic mass is 9.99. The highest BCUT2D eigenvalue weighted by molar-refractivity contribution is 5.67. The van der Waals surface area contributed by atoms with Crippen molar-refractivity contribution < 1.29 is 9.84 Å². The summed E-state index contributed by atoms with van der Waals surface area (Å²) in [6, 6.07) is 5.49. The molecule has 1 aromatic carbocycles. The zero-order valence-corrected chi connectivity index (χ0v) is 17.7. The van der Waals surface area contributed by atoms with Gasteiger partial charge in [-0.1, -0.05) is 41.5 Å². The fourth-order valence-corrected chi connectivity index (χ4v) is 3.49. The molecule has 1 N–H and O–H groups in total. The fraction of sp³-hybridized carbons (Fsp3) is 0.565. The number of rotatable bonds is 9. The van der Waals surface area contributed by atoms with E-state index in [1.54, 1.807) is 6.07 Å². The maximum Gasteiger partial charge on any atom is 0.235 e. The molecule has 0 bridgehead atoms. The summed E-state index contributed by atoms with van der Waals surface area (Å²) in [5.74, 6) is 2.11. The van der Waals surface area contributed by atoms with Crippen molar-refractivity contribution in [3.8, 4) is 22.9 Å². The minimum atomic E-state index is 0.288. The molecule has 4 nitrogen and oxygen atoms in total. The van der Waals surface area contributed by atoms with E-state index in [-0.39, 0.29) is 5.75 Å². The molecule has 0 aliphatic carbocycles. The van der Waals surface area contributed by atoms with Crippen molar-refractivity contribution in [2.24, 2.45) is 11.8 Å². The van der Waals surface area contributed by atoms with Gasteiger partial charge in [0.1, 0.15) is 11.4 Å². The Labute approximate surface area is 164 Å². The number of aromatic hydroxyl groups is 1. The van der Waals surface area contributed by atoms with Crippen LogP contribution in [0.2, 0.25) is 0 Å². The van der Waals surface area contributed by atoms with Gasteiger partial charge in [-0.3, -0.25) is 0 Å². The molecule has 0 radical (unpaired) electrons. The average Bonchev–Trinajstić information content (AvgIpc) is 2.65. The Bertz CT molecular complexity index is 756. The van der Waals surface area contributed by atoms with Crippen LogP contribution < -0.4 is 4.74 Å². The summed E-state index contributed by atoms with van der Waals surface area (Å²) in [5, 5.41) is 9.82. The maximum absolute atomic E-state index is 9.82. The quantitative estimate of drug-likeness (QED) is 0.624. The third kappa shape index (κ3) is 5.44. The number of hydrogen-bond donors (Lipinski definition) is 1. The van der Waals surface area contributed by atoms with Crippen molar-refractivity contribution in [2.45, 2.75) is 67.2 Å². The molecule has 27 heavy (non-hydrogen) atoms. The molecular formula is C23H34N2O2. The Hall–Kier alpha value is -2.10. The van der Waals surface area contributed by atoms with Crippen molar-refractivity contribution in [2.75, 3.05) is 6.61 Å². The van der Waals surface area contributed by atoms with E-state index < -0.39 is 0 Å². The van der Waals surface area contributed by atoms with Crippen LogP contribution in [0.5, 0.6) is 11.6 Å². The zero-order valence-electron chi connectivity index (χ0n) is 17.7. The van der Waals surface area contributed by atoms with Crippen molar-refractivity contribution in [3.63, 3.8) is 0 Å². The van der Waals surface area contributed by atoms with Gasteiger partial charge in [-0.25, -0.2) is 9.97 Å². The summed E-state index contributed by atoms with van der Waals surface area (Å²) in [6.45, 7) is 13.6. The van der Waals surface area contributed by atoms with Crippen LogP contribution in [0.3, 0.4) is 0 Å². The first-order valence-corrected chi connectivity index (χ1v) is 10.2. The van der Waals surface area contributed by atoms with Gasteiger partial charge in [0.25, 0.3) is 0 Å². The first-order chi connectivity index (χ1) is 12.9. The predicted molar refractivity (Wildman–Crippen MR) is 111 cm³/mol. The Morgan fingerprint density at radius 3 is 2.26 bits per heavy atom. The SMILES string of the molecule is CCc1cc(O)ccc1-c1nc(CC)c(OCC(C)CC(C)C)nc1CC. The van der Waals surface area contributed by atoms with Crippen molar-refractivity contribution in [1.82, 2.24) is 9.97 Å². The van der Waals surface area contributed by atoms with Gasteiger partial charge >= 0.3 is 0 Å². The van der Waals surface area contributed by atoms with Crippen LogP contribution in [0.25, 0.3) is 11.3 Å². The second-order valence-electron chi connectivity index (χ2n) is 7.72. The predicted octanol–water partition coefficient (Wildman–Crippen LogP) is 5.60. The van der Waals surface area contributed by atoms with E-state index >= 15 is 0 Å². The number of phenolic OH excluding ortho intramolecular Hbond substituents is 1. The molecular weight excluding hydrogens is 336 g/mol. The third-order valence-electron chi connectivity index (χ3n) is 4.78. The van der Waals surface area contributed by atoms with Gasteiger partial charge in [0.15, 0.2) is 0 Å². The van der Waals surface area contributed by atoms with E-state index in [1.807, 2.05) is 12.1 Å². The molecule has 2 aromatic rings. The number of aromatic nitrogens is 2. The minimum Gasteiger partial charge on any atom is -0.508 e. The van der Waals surface area contributed by atoms with Crippen LogP contribution in [-0.2, 0) is 19.3 Å². The Morgan fingerprint density at radius 1 is 0.963 bits per heavy atom. The second-order valence-corrected chi connectivity index (χ2v) is 7.72. The Morgan fingerprint density at radius 2 is 1.67 bits per heavy atom. The Kier molecular flexibility index (Phi) is 7.64. The monoisotopic (exact) mass is 370 g/mol. The lowest BCUT2D eigenvalue weighted by Crippen LogP contribution is -2.14. The van der Waals surface area contributed by atoms with Crippen LogP contribution in [0.4, 0.5) is 0 Å². The number of hydrogen-bond acceptors (Lipinski definition) is 4. The molecule has 0 saturated carbocycles. The summed E-state index contributed by atoms with van der Waals surface area (Å²) in [6.07, 6.45) is 3.54. The molecule has 0 fully saturated rings. The lowest BCUT2D eigenvalue weighted by Gasteiger charge is -2.18. The summed E-state index contributed by atoms with van der Waals surface area (Å²) in [7, 11) is 0. The molecule has 0 aliphatic heterocycles. The van der Waals surface area contributed by atoms with Gasteiger partial charge in [-0.2, -0.15) is 0 Å². The smallest absolute Gasteiger partial charge is 0.235 e. The number of phenols is 1. The maximum atomic E-state index is 9.82. The zero-order chi connectivity index (χ0) is 20.0. The summed E-state index contributed by atoms with van der Waals surface area (Å²) in [4.78, 5) is 9.78. The van der Waals surface area contributed by atoms with Crippen LogP contribution in [0.15, 0.2) is 18.2 Å². The molecule has 0 aliphatic rings. The molecule has 148 valence electrons. The van der Waals surface area contributed by atoms with Crippen molar-refractivity contribution in [3.05, 3.63) is 35.2 Å². The lowest BCUT2D eigenvalue weighted by molar-refractivity contribution is 0.228. The van der Waals surface area contributed by atoms with Crippen molar-refractivity contribution in [1.29, 1.82) is 0 Å². The van der Waals surface area contributed by atoms with Crippen LogP contribution in [0, 0.1) is 11.8 Å². The van der Waals surface area contributed by atoms with E-state index in [9.17, 15) is 5.11 Å². The van der Waals surface area contributed by atoms with E-state index in [2.05, 4.69) is 41.5 Å². The van der Waals surface area contributed by atoms with Gasteiger partial charge < -0.3 is 9.84 Å². The minimum absolute atomic E-state index is 0.288. The van der Waals surface area contributed by atoms with Crippen LogP contribution in [-0.4, -0.2) is 21.7 Å². The Balaban J connectivity index is 2.39. The van der Waals surface area contributed by atoms with Crippen LogP contribution >= 0.6 is 0 Å². The van der Waals surface area contributed by atoms with E-state index in [4.69, 9.17) is 14.7 Å². The topological polar surface area (TPSA) is 55.2 Å². The van der Waals surface area contributed by atoms with E-state index in [0.29, 0.717) is 24.3 Å². The first-order valence-electron chi connectivity index (χ1n) is 10.2. The average molecular weight is 371 g/mol. The van der Waals surface area contributed by atoms with E-state index in [1.165, 1.54) is 0 Å². The summed E-state index contributed by atoms with van der Waals surface area (Å²) >= 11 is 0. The number of nitrogens with zero attached hydrogens (tertiary/aromatic N) is 2. The summed E-state index contributed by atoms with van der Waals surface area (Å²) in [5.41, 5.74) is 4.89. The molecule has 4 heteroatoms. The second kappa shape index (κ2) is 9.72. The fourth-order valence-electron chi connectivity index (χ4n) is 3.49. The molecule has 0 saturated heterocycles. The molecule has 1 atom stereocenters. The van der Waals surface area contributed by atoms with Gasteiger partial charge in [0.05, 0.1) is 18.0 Å². The van der Waals surface area contributed by atoms with Crippen LogP contribution in [0.1, 0.15) is 64.9 Å². The van der Waals surface area contributed by atoms with Gasteiger partial charge in [-0.05, 0) is 61.3 Å². The van der Waals surface area contributed by atoms with Gasteiger partial charge in [0, 0.05) is 5.56 Å². The largest absolute Gasteiger partial charge is 0.508 e. The molecule has 1 unspecified atom stereocenters. The molecule has 2 rings (SSSR count). The molecule has 0 spiro atoms. The highest BCUT2D eigenvalue weighted by Gasteiger charge is 2.17. The highest BCUT2D eigenvalue weighted by atomic mass is 16.5. The standard InChI is InChI=1S/C23H34N2O2/c1-7-17-13-18(26)10-11-19(17)22-20(8-2)25-23(21(9-3)24-22)27-14-16(6)12-15(4)5/h10-11,13,15-16,26H,7-9,12,14H2,1-6H3. The van der Waals surface area contributed by atoms with E-state index in [0.717, 1.165) is 53.9 Å². The molecule has 0 amide bonds. The van der Waals surface area contributed by atoms with Gasteiger partial charge in [0.2, 0.25) is 5.88 Å². The molecule has 1 heterocycles.